The van der Waals surface area contributed by atoms with Gasteiger partial charge < -0.3 is 14.9 Å². The number of imide groups is 1. The summed E-state index contributed by atoms with van der Waals surface area (Å²) in [7, 11) is 1.40. The topological polar surface area (TPSA) is 116 Å². The molecule has 0 spiro atoms. The first-order valence-electron chi connectivity index (χ1n) is 10.6. The number of carboxylic acid groups (broad SMARTS) is 1. The fourth-order valence-electron chi connectivity index (χ4n) is 5.19. The highest BCUT2D eigenvalue weighted by Crippen LogP contribution is 2.53. The third-order valence-corrected chi connectivity index (χ3v) is 6.69. The Morgan fingerprint density at radius 1 is 1.18 bits per heavy atom. The molecule has 2 aromatic carbocycles. The van der Waals surface area contributed by atoms with Crippen LogP contribution < -0.4 is 15.0 Å². The molecule has 2 fully saturated rings. The van der Waals surface area contributed by atoms with Gasteiger partial charge in [-0.2, -0.15) is 0 Å². The Bertz CT molecular complexity index is 1120. The van der Waals surface area contributed by atoms with Crippen molar-refractivity contribution in [3.05, 3.63) is 53.1 Å². The summed E-state index contributed by atoms with van der Waals surface area (Å²) < 4.78 is 5.20. The number of hydrogen-bond donors (Lipinski definition) is 3. The first-order valence-corrected chi connectivity index (χ1v) is 11.0. The van der Waals surface area contributed by atoms with Gasteiger partial charge in [-0.1, -0.05) is 37.6 Å². The predicted octanol–water partition coefficient (Wildman–Crippen LogP) is 3.37. The van der Waals surface area contributed by atoms with Crippen molar-refractivity contribution in [1.29, 1.82) is 0 Å². The number of carboxylic acids is 1. The Hall–Kier alpha value is -3.10. The molecule has 33 heavy (non-hydrogen) atoms. The number of anilines is 1. The van der Waals surface area contributed by atoms with E-state index in [0.717, 1.165) is 4.90 Å². The lowest BCUT2D eigenvalue weighted by molar-refractivity contribution is -0.149. The number of benzene rings is 2. The highest BCUT2D eigenvalue weighted by atomic mass is 35.5. The predicted molar refractivity (Wildman–Crippen MR) is 121 cm³/mol. The van der Waals surface area contributed by atoms with Gasteiger partial charge in [-0.25, -0.2) is 4.90 Å². The lowest BCUT2D eigenvalue weighted by atomic mass is 9.75. The number of ether oxygens (including phenoxy) is 1. The van der Waals surface area contributed by atoms with E-state index in [4.69, 9.17) is 16.3 Å². The number of amides is 2. The third-order valence-electron chi connectivity index (χ3n) is 6.44. The summed E-state index contributed by atoms with van der Waals surface area (Å²) in [5.74, 6) is -4.61. The number of aromatic hydroxyl groups is 1. The number of hydrogen-bond acceptors (Lipinski definition) is 6. The zero-order valence-corrected chi connectivity index (χ0v) is 19.2. The summed E-state index contributed by atoms with van der Waals surface area (Å²) in [4.78, 5) is 41.0. The number of methoxy groups -OCH3 is 1. The van der Waals surface area contributed by atoms with Crippen molar-refractivity contribution in [1.82, 2.24) is 5.32 Å². The lowest BCUT2D eigenvalue weighted by Gasteiger charge is -2.32. The van der Waals surface area contributed by atoms with Gasteiger partial charge in [-0.3, -0.25) is 19.7 Å². The van der Waals surface area contributed by atoms with E-state index >= 15 is 0 Å². The number of nitrogens with zero attached hydrogens (tertiary/aromatic N) is 1. The molecule has 0 unspecified atom stereocenters. The van der Waals surface area contributed by atoms with Crippen LogP contribution in [0.5, 0.6) is 11.5 Å². The number of carbonyl (C=O) groups is 3. The average molecular weight is 473 g/mol. The first kappa shape index (κ1) is 23.1. The van der Waals surface area contributed by atoms with Crippen LogP contribution in [0.25, 0.3) is 0 Å². The Labute approximate surface area is 196 Å². The van der Waals surface area contributed by atoms with Gasteiger partial charge in [-0.05, 0) is 42.7 Å². The second-order valence-electron chi connectivity index (χ2n) is 8.89. The summed E-state index contributed by atoms with van der Waals surface area (Å²) >= 11 is 5.96. The van der Waals surface area contributed by atoms with E-state index in [1.807, 2.05) is 13.8 Å². The molecule has 174 valence electrons. The fourth-order valence-corrected chi connectivity index (χ4v) is 5.31. The molecule has 0 saturated carbocycles. The van der Waals surface area contributed by atoms with Crippen molar-refractivity contribution in [3.63, 3.8) is 0 Å². The summed E-state index contributed by atoms with van der Waals surface area (Å²) in [5, 5.41) is 24.7. The molecule has 4 atom stereocenters. The Kier molecular flexibility index (Phi) is 5.84. The maximum atomic E-state index is 13.7. The maximum absolute atomic E-state index is 13.7. The van der Waals surface area contributed by atoms with Crippen molar-refractivity contribution >= 4 is 35.1 Å². The Morgan fingerprint density at radius 2 is 1.85 bits per heavy atom. The van der Waals surface area contributed by atoms with E-state index in [1.165, 1.54) is 7.11 Å². The lowest BCUT2D eigenvalue weighted by Crippen LogP contribution is -2.56. The van der Waals surface area contributed by atoms with Crippen molar-refractivity contribution in [2.24, 2.45) is 17.8 Å². The zero-order chi connectivity index (χ0) is 24.1. The molecule has 0 aromatic heterocycles. The molecular weight excluding hydrogens is 448 g/mol. The number of phenols is 1. The molecule has 2 aromatic rings. The van der Waals surface area contributed by atoms with Gasteiger partial charge in [0.15, 0.2) is 11.5 Å². The summed E-state index contributed by atoms with van der Waals surface area (Å²) in [6.45, 7) is 3.71. The van der Waals surface area contributed by atoms with E-state index in [0.29, 0.717) is 16.3 Å². The number of aliphatic carboxylic acids is 1. The molecule has 4 rings (SSSR count). The van der Waals surface area contributed by atoms with Crippen LogP contribution in [0.15, 0.2) is 42.5 Å². The van der Waals surface area contributed by atoms with Gasteiger partial charge in [0.2, 0.25) is 11.8 Å². The molecule has 0 radical (unpaired) electrons. The van der Waals surface area contributed by atoms with Gasteiger partial charge in [0, 0.05) is 16.6 Å². The van der Waals surface area contributed by atoms with Crippen molar-refractivity contribution < 1.29 is 29.3 Å². The van der Waals surface area contributed by atoms with Crippen molar-refractivity contribution in [2.75, 3.05) is 12.0 Å². The monoisotopic (exact) mass is 472 g/mol. The summed E-state index contributed by atoms with van der Waals surface area (Å²) in [6.07, 6.45) is 0.123. The van der Waals surface area contributed by atoms with Crippen molar-refractivity contribution in [3.8, 4) is 11.5 Å². The van der Waals surface area contributed by atoms with Gasteiger partial charge in [0.05, 0.1) is 24.6 Å². The van der Waals surface area contributed by atoms with E-state index in [2.05, 4.69) is 5.32 Å². The largest absolute Gasteiger partial charge is 0.504 e. The van der Waals surface area contributed by atoms with E-state index in [1.54, 1.807) is 42.5 Å². The minimum Gasteiger partial charge on any atom is -0.504 e. The van der Waals surface area contributed by atoms with E-state index < -0.39 is 41.2 Å². The molecule has 2 amide bonds. The smallest absolute Gasteiger partial charge is 0.324 e. The Balaban J connectivity index is 1.89. The zero-order valence-electron chi connectivity index (χ0n) is 18.4. The Morgan fingerprint density at radius 3 is 2.42 bits per heavy atom. The molecule has 8 nitrogen and oxygen atoms in total. The average Bonchev–Trinajstić information content (AvgIpc) is 3.23. The third kappa shape index (κ3) is 3.54. The van der Waals surface area contributed by atoms with Crippen LogP contribution in [0, 0.1) is 17.8 Å². The second kappa shape index (κ2) is 8.35. The number of para-hydroxylation sites is 1. The van der Waals surface area contributed by atoms with Crippen LogP contribution in [-0.4, -0.2) is 40.6 Å². The normalized spacial score (nSPS) is 26.7. The highest BCUT2D eigenvalue weighted by Gasteiger charge is 2.68. The van der Waals surface area contributed by atoms with Gasteiger partial charge in [-0.15, -0.1) is 0 Å². The summed E-state index contributed by atoms with van der Waals surface area (Å²) in [5.41, 5.74) is -1.07. The quantitative estimate of drug-likeness (QED) is 0.552. The molecule has 2 aliphatic rings. The number of phenolic OH excluding ortho intramolecular Hbond substituents is 1. The number of nitrogens with one attached hydrogen (secondary N) is 1. The molecule has 2 heterocycles. The van der Waals surface area contributed by atoms with Crippen LogP contribution in [0.1, 0.15) is 31.9 Å². The number of halogens is 1. The number of fused-ring (bicyclic) bond motifs is 1. The van der Waals surface area contributed by atoms with Crippen LogP contribution >= 0.6 is 11.6 Å². The minimum absolute atomic E-state index is 0.0839. The standard InChI is InChI=1S/C24H25ClN2O6/c1-12(2)11-24(23(31)32)18-17(19(26-24)15-5-4-6-16(33-3)20(15)28)21(29)27(22(18)30)14-9-7-13(25)8-10-14/h4-10,12,17-19,26,28H,11H2,1-3H3,(H,31,32)/t17-,18-,19-,24-/m0/s1. The van der Waals surface area contributed by atoms with Gasteiger partial charge in [0.25, 0.3) is 0 Å². The molecule has 9 heteroatoms. The number of rotatable bonds is 6. The highest BCUT2D eigenvalue weighted by molar-refractivity contribution is 6.31. The van der Waals surface area contributed by atoms with Crippen LogP contribution in [0.2, 0.25) is 5.02 Å². The molecule has 0 aliphatic carbocycles. The van der Waals surface area contributed by atoms with Crippen LogP contribution in [0.3, 0.4) is 0 Å². The summed E-state index contributed by atoms with van der Waals surface area (Å²) in [6, 6.07) is 10.1. The van der Waals surface area contributed by atoms with Gasteiger partial charge >= 0.3 is 5.97 Å². The molecule has 0 bridgehead atoms. The van der Waals surface area contributed by atoms with Crippen LogP contribution in [0.4, 0.5) is 5.69 Å². The number of carbonyl (C=O) groups excluding carboxylic acids is 2. The van der Waals surface area contributed by atoms with Crippen LogP contribution in [-0.2, 0) is 14.4 Å². The first-order chi connectivity index (χ1) is 15.6. The molecular formula is C24H25ClN2O6. The van der Waals surface area contributed by atoms with E-state index in [9.17, 15) is 24.6 Å². The SMILES string of the molecule is COc1cccc([C@@H]2N[C@](CC(C)C)(C(=O)O)[C@@H]3C(=O)N(c4ccc(Cl)cc4)C(=O)[C@@H]32)c1O. The fraction of sp³-hybridized carbons (Fsp3) is 0.375. The maximum Gasteiger partial charge on any atom is 0.324 e. The second-order valence-corrected chi connectivity index (χ2v) is 9.32. The molecule has 2 saturated heterocycles. The van der Waals surface area contributed by atoms with Crippen molar-refractivity contribution in [2.45, 2.75) is 31.8 Å². The minimum atomic E-state index is -1.69. The van der Waals surface area contributed by atoms with Gasteiger partial charge in [0.1, 0.15) is 5.54 Å². The molecule has 2 aliphatic heterocycles. The van der Waals surface area contributed by atoms with E-state index in [-0.39, 0.29) is 23.8 Å². The molecule has 3 N–H and O–H groups in total.